The molecule has 0 rings (SSSR count). The summed E-state index contributed by atoms with van der Waals surface area (Å²) in [6.07, 6.45) is 80.3. The highest BCUT2D eigenvalue weighted by Crippen LogP contribution is 2.13. The third-order valence-corrected chi connectivity index (χ3v) is 11.4. The van der Waals surface area contributed by atoms with Gasteiger partial charge in [0, 0.05) is 19.3 Å². The molecule has 0 saturated carbocycles. The van der Waals surface area contributed by atoms with Gasteiger partial charge in [-0.25, -0.2) is 0 Å². The lowest BCUT2D eigenvalue weighted by molar-refractivity contribution is -0.166. The summed E-state index contributed by atoms with van der Waals surface area (Å²) in [5.74, 6) is -1.08. The molecule has 0 bridgehead atoms. The second-order valence-electron chi connectivity index (χ2n) is 18.1. The minimum Gasteiger partial charge on any atom is -0.462 e. The van der Waals surface area contributed by atoms with Crippen molar-refractivity contribution in [3.8, 4) is 0 Å². The van der Waals surface area contributed by atoms with Crippen molar-refractivity contribution >= 4 is 17.9 Å². The van der Waals surface area contributed by atoms with E-state index in [0.29, 0.717) is 19.3 Å². The van der Waals surface area contributed by atoms with E-state index in [1.165, 1.54) is 83.5 Å². The van der Waals surface area contributed by atoms with Crippen molar-refractivity contribution in [1.29, 1.82) is 0 Å². The van der Waals surface area contributed by atoms with Gasteiger partial charge in [0.1, 0.15) is 13.2 Å². The first-order valence-electron chi connectivity index (χ1n) is 28.2. The lowest BCUT2D eigenvalue weighted by Crippen LogP contribution is -2.30. The molecule has 0 aliphatic heterocycles. The van der Waals surface area contributed by atoms with Crippen LogP contribution in [0.25, 0.3) is 0 Å². The predicted octanol–water partition coefficient (Wildman–Crippen LogP) is 19.0. The topological polar surface area (TPSA) is 78.9 Å². The van der Waals surface area contributed by atoms with Crippen molar-refractivity contribution in [1.82, 2.24) is 0 Å². The van der Waals surface area contributed by atoms with Gasteiger partial charge in [-0.05, 0) is 116 Å². The van der Waals surface area contributed by atoms with E-state index in [9.17, 15) is 14.4 Å². The van der Waals surface area contributed by atoms with Crippen LogP contribution in [0.4, 0.5) is 0 Å². The van der Waals surface area contributed by atoms with Crippen LogP contribution in [0.5, 0.6) is 0 Å². The smallest absolute Gasteiger partial charge is 0.306 e. The van der Waals surface area contributed by atoms with E-state index in [0.717, 1.165) is 96.3 Å². The predicted molar refractivity (Wildman–Crippen MR) is 302 cm³/mol. The molecule has 0 aromatic carbocycles. The highest BCUT2D eigenvalue weighted by molar-refractivity contribution is 5.71. The zero-order chi connectivity index (χ0) is 50.7. The monoisotopic (exact) mass is 967 g/mol. The first-order chi connectivity index (χ1) is 34.5. The summed E-state index contributed by atoms with van der Waals surface area (Å²) in [4.78, 5) is 38.1. The highest BCUT2D eigenvalue weighted by Gasteiger charge is 2.19. The van der Waals surface area contributed by atoms with Gasteiger partial charge in [-0.15, -0.1) is 0 Å². The molecule has 6 heteroatoms. The minimum atomic E-state index is -0.842. The van der Waals surface area contributed by atoms with Gasteiger partial charge in [-0.2, -0.15) is 0 Å². The van der Waals surface area contributed by atoms with Crippen molar-refractivity contribution in [3.63, 3.8) is 0 Å². The molecular formula is C64H102O6. The molecular weight excluding hydrogens is 865 g/mol. The average Bonchev–Trinajstić information content (AvgIpc) is 3.36. The number of rotatable bonds is 49. The number of esters is 3. The van der Waals surface area contributed by atoms with Crippen molar-refractivity contribution in [2.75, 3.05) is 13.2 Å². The first kappa shape index (κ1) is 65.5. The van der Waals surface area contributed by atoms with E-state index in [1.54, 1.807) is 0 Å². The Kier molecular flexibility index (Phi) is 53.5. The van der Waals surface area contributed by atoms with E-state index in [2.05, 4.69) is 142 Å². The Labute approximate surface area is 430 Å². The van der Waals surface area contributed by atoms with Crippen LogP contribution in [-0.2, 0) is 28.6 Å². The first-order valence-corrected chi connectivity index (χ1v) is 28.2. The van der Waals surface area contributed by atoms with E-state index in [-0.39, 0.29) is 44.0 Å². The Morgan fingerprint density at radius 1 is 0.300 bits per heavy atom. The summed E-state index contributed by atoms with van der Waals surface area (Å²) in [5.41, 5.74) is 0. The molecule has 0 saturated heterocycles. The fourth-order valence-electron chi connectivity index (χ4n) is 7.23. The molecule has 0 amide bonds. The molecule has 0 N–H and O–H groups in total. The summed E-state index contributed by atoms with van der Waals surface area (Å²) in [6.45, 7) is 6.29. The quantitative estimate of drug-likeness (QED) is 0.0262. The number of carbonyl (C=O) groups excluding carboxylic acids is 3. The molecule has 1 atom stereocenters. The Morgan fingerprint density at radius 2 is 0.600 bits per heavy atom. The standard InChI is InChI=1S/C64H102O6/c1-4-7-10-13-16-19-22-25-28-31-32-34-36-39-42-45-48-51-54-57-63(66)69-60-61(59-68-62(65)56-53-50-47-44-41-38-35-30-27-24-21-18-15-12-9-6-3)70-64(67)58-55-52-49-46-43-40-37-33-29-26-23-20-17-14-11-8-5-2/h7,9-10,12,16,18-19,21,25-30,37-38,40-41,46-47,49-50,61H,4-6,8,11,13-15,17,20,22-24,31-36,39,42-45,48,51-60H2,1-3H3/b10-7-,12-9-,19-16-,21-18-,28-25-,29-26-,30-27-,40-37-,41-38-,49-46-,50-47-. The lowest BCUT2D eigenvalue weighted by atomic mass is 10.1. The van der Waals surface area contributed by atoms with E-state index in [1.807, 2.05) is 12.2 Å². The van der Waals surface area contributed by atoms with Crippen LogP contribution in [0, 0.1) is 0 Å². The Hall–Kier alpha value is -4.45. The molecule has 0 aromatic heterocycles. The fraction of sp³-hybridized carbons (Fsp3) is 0.609. The van der Waals surface area contributed by atoms with Crippen molar-refractivity contribution < 1.29 is 28.6 Å². The van der Waals surface area contributed by atoms with E-state index >= 15 is 0 Å². The zero-order valence-corrected chi connectivity index (χ0v) is 45.0. The number of ether oxygens (including phenoxy) is 3. The molecule has 70 heavy (non-hydrogen) atoms. The molecule has 394 valence electrons. The van der Waals surface area contributed by atoms with Gasteiger partial charge < -0.3 is 14.2 Å². The summed E-state index contributed by atoms with van der Waals surface area (Å²) < 4.78 is 16.7. The van der Waals surface area contributed by atoms with Gasteiger partial charge >= 0.3 is 17.9 Å². The van der Waals surface area contributed by atoms with Crippen LogP contribution in [0.15, 0.2) is 134 Å². The molecule has 0 heterocycles. The van der Waals surface area contributed by atoms with Gasteiger partial charge in [0.25, 0.3) is 0 Å². The summed E-state index contributed by atoms with van der Waals surface area (Å²) in [6, 6.07) is 0. The fourth-order valence-corrected chi connectivity index (χ4v) is 7.23. The Bertz CT molecular complexity index is 1530. The molecule has 1 unspecified atom stereocenters. The van der Waals surface area contributed by atoms with Gasteiger partial charge in [-0.1, -0.05) is 231 Å². The van der Waals surface area contributed by atoms with Gasteiger partial charge in [0.2, 0.25) is 0 Å². The SMILES string of the molecule is CC/C=C\C/C=C\C/C=C\C/C=C\C/C=C\CCC(=O)OCC(COC(=O)CCCCCCCCCCC/C=C\C/C=C\C/C=C\CC)OC(=O)CCC/C=C\C/C=C\C/C=C\CCCCCCCC. The second-order valence-corrected chi connectivity index (χ2v) is 18.1. The molecule has 6 nitrogen and oxygen atoms in total. The van der Waals surface area contributed by atoms with Gasteiger partial charge in [0.15, 0.2) is 6.10 Å². The minimum absolute atomic E-state index is 0.128. The maximum atomic E-state index is 12.8. The van der Waals surface area contributed by atoms with Crippen LogP contribution in [0.2, 0.25) is 0 Å². The van der Waals surface area contributed by atoms with Crippen LogP contribution in [0.1, 0.15) is 233 Å². The normalized spacial score (nSPS) is 13.1. The van der Waals surface area contributed by atoms with E-state index < -0.39 is 6.10 Å². The zero-order valence-electron chi connectivity index (χ0n) is 45.0. The second kappa shape index (κ2) is 57.1. The Morgan fingerprint density at radius 3 is 1.00 bits per heavy atom. The molecule has 0 aliphatic rings. The Balaban J connectivity index is 4.57. The molecule has 0 radical (unpaired) electrons. The van der Waals surface area contributed by atoms with Gasteiger partial charge in [-0.3, -0.25) is 14.4 Å². The molecule has 0 fully saturated rings. The van der Waals surface area contributed by atoms with E-state index in [4.69, 9.17) is 14.2 Å². The molecule has 0 aromatic rings. The number of hydrogen-bond donors (Lipinski definition) is 0. The van der Waals surface area contributed by atoms with Crippen LogP contribution < -0.4 is 0 Å². The van der Waals surface area contributed by atoms with Gasteiger partial charge in [0.05, 0.1) is 0 Å². The number of hydrogen-bond acceptors (Lipinski definition) is 6. The van der Waals surface area contributed by atoms with Crippen LogP contribution in [-0.4, -0.2) is 37.2 Å². The van der Waals surface area contributed by atoms with Crippen molar-refractivity contribution in [2.45, 2.75) is 239 Å². The number of allylic oxidation sites excluding steroid dienone is 22. The van der Waals surface area contributed by atoms with Crippen molar-refractivity contribution in [3.05, 3.63) is 134 Å². The number of carbonyl (C=O) groups is 3. The third kappa shape index (κ3) is 54.5. The lowest BCUT2D eigenvalue weighted by Gasteiger charge is -2.18. The summed E-state index contributed by atoms with van der Waals surface area (Å²) in [7, 11) is 0. The summed E-state index contributed by atoms with van der Waals surface area (Å²) >= 11 is 0. The highest BCUT2D eigenvalue weighted by atomic mass is 16.6. The van der Waals surface area contributed by atoms with Crippen LogP contribution >= 0.6 is 0 Å². The average molecular weight is 968 g/mol. The molecule has 0 aliphatic carbocycles. The van der Waals surface area contributed by atoms with Crippen molar-refractivity contribution in [2.24, 2.45) is 0 Å². The number of unbranched alkanes of at least 4 members (excludes halogenated alkanes) is 16. The maximum Gasteiger partial charge on any atom is 0.306 e. The third-order valence-electron chi connectivity index (χ3n) is 11.4. The van der Waals surface area contributed by atoms with Crippen LogP contribution in [0.3, 0.4) is 0 Å². The maximum absolute atomic E-state index is 12.8. The molecule has 0 spiro atoms. The summed E-state index contributed by atoms with van der Waals surface area (Å²) in [5, 5.41) is 0. The largest absolute Gasteiger partial charge is 0.462 e.